The monoisotopic (exact) mass is 331 g/mol. The highest BCUT2D eigenvalue weighted by atomic mass is 32.2. The van der Waals surface area contributed by atoms with Gasteiger partial charge in [-0.2, -0.15) is 0 Å². The van der Waals surface area contributed by atoms with Crippen molar-refractivity contribution in [2.45, 2.75) is 25.2 Å². The Bertz CT molecular complexity index is 811. The molecule has 0 radical (unpaired) electrons. The second-order valence-corrected chi connectivity index (χ2v) is 8.07. The number of carbonyl (C=O) groups excluding carboxylic acids is 1. The lowest BCUT2D eigenvalue weighted by Gasteiger charge is -2.09. The molecule has 0 heterocycles. The van der Waals surface area contributed by atoms with Gasteiger partial charge in [-0.1, -0.05) is 32.0 Å². The molecule has 122 valence electrons. The Morgan fingerprint density at radius 1 is 1.09 bits per heavy atom. The third-order valence-corrected chi connectivity index (χ3v) is 4.46. The van der Waals surface area contributed by atoms with E-state index in [4.69, 9.17) is 0 Å². The Kier molecular flexibility index (Phi) is 5.21. The minimum Gasteiger partial charge on any atom is -0.322 e. The van der Waals surface area contributed by atoms with Crippen LogP contribution in [0, 0.1) is 5.92 Å². The van der Waals surface area contributed by atoms with Crippen LogP contribution < -0.4 is 5.32 Å². The molecule has 0 atom stereocenters. The van der Waals surface area contributed by atoms with E-state index in [1.54, 1.807) is 12.1 Å². The Labute approximate surface area is 137 Å². The fourth-order valence-corrected chi connectivity index (χ4v) is 2.99. The van der Waals surface area contributed by atoms with Crippen molar-refractivity contribution in [2.24, 2.45) is 5.92 Å². The number of hydrogen-bond donors (Lipinski definition) is 1. The number of benzene rings is 2. The zero-order chi connectivity index (χ0) is 17.0. The quantitative estimate of drug-likeness (QED) is 0.911. The van der Waals surface area contributed by atoms with E-state index in [1.807, 2.05) is 24.3 Å². The molecule has 0 saturated carbocycles. The fraction of sp³-hybridized carbons (Fsp3) is 0.278. The molecular weight excluding hydrogens is 310 g/mol. The van der Waals surface area contributed by atoms with E-state index in [1.165, 1.54) is 12.1 Å². The van der Waals surface area contributed by atoms with Gasteiger partial charge >= 0.3 is 0 Å². The average molecular weight is 331 g/mol. The molecule has 2 aromatic carbocycles. The molecule has 5 heteroatoms. The van der Waals surface area contributed by atoms with Crippen molar-refractivity contribution in [3.8, 4) is 0 Å². The van der Waals surface area contributed by atoms with Gasteiger partial charge in [0, 0.05) is 17.5 Å². The van der Waals surface area contributed by atoms with E-state index in [2.05, 4.69) is 19.2 Å². The van der Waals surface area contributed by atoms with Gasteiger partial charge in [0.05, 0.1) is 4.90 Å². The first kappa shape index (κ1) is 17.2. The predicted octanol–water partition coefficient (Wildman–Crippen LogP) is 3.54. The van der Waals surface area contributed by atoms with E-state index >= 15 is 0 Å². The van der Waals surface area contributed by atoms with Gasteiger partial charge in [-0.05, 0) is 48.2 Å². The number of nitrogens with one attached hydrogen (secondary N) is 1. The van der Waals surface area contributed by atoms with Gasteiger partial charge in [0.15, 0.2) is 9.84 Å². The molecule has 4 nitrogen and oxygen atoms in total. The molecule has 0 spiro atoms. The second-order valence-electron chi connectivity index (χ2n) is 6.05. The Morgan fingerprint density at radius 2 is 1.78 bits per heavy atom. The van der Waals surface area contributed by atoms with Crippen LogP contribution in [0.15, 0.2) is 53.4 Å². The SMILES string of the molecule is CC(C)Cc1cccc(NC(=O)c2cccc(S(C)(=O)=O)c2)c1. The lowest BCUT2D eigenvalue weighted by atomic mass is 10.0. The van der Waals surface area contributed by atoms with Gasteiger partial charge in [0.2, 0.25) is 0 Å². The summed E-state index contributed by atoms with van der Waals surface area (Å²) < 4.78 is 23.2. The molecule has 0 aliphatic heterocycles. The third kappa shape index (κ3) is 4.93. The topological polar surface area (TPSA) is 63.2 Å². The Morgan fingerprint density at radius 3 is 2.43 bits per heavy atom. The molecule has 0 saturated heterocycles. The van der Waals surface area contributed by atoms with Crippen molar-refractivity contribution >= 4 is 21.4 Å². The fourth-order valence-electron chi connectivity index (χ4n) is 2.32. The lowest BCUT2D eigenvalue weighted by molar-refractivity contribution is 0.102. The Balaban J connectivity index is 2.19. The molecule has 0 bridgehead atoms. The van der Waals surface area contributed by atoms with Gasteiger partial charge in [-0.3, -0.25) is 4.79 Å². The van der Waals surface area contributed by atoms with Crippen LogP contribution in [0.2, 0.25) is 0 Å². The van der Waals surface area contributed by atoms with E-state index in [0.29, 0.717) is 17.2 Å². The predicted molar refractivity (Wildman–Crippen MR) is 92.5 cm³/mol. The molecule has 0 fully saturated rings. The minimum atomic E-state index is -3.33. The summed E-state index contributed by atoms with van der Waals surface area (Å²) >= 11 is 0. The van der Waals surface area contributed by atoms with Crippen LogP contribution in [0.5, 0.6) is 0 Å². The highest BCUT2D eigenvalue weighted by molar-refractivity contribution is 7.90. The zero-order valence-electron chi connectivity index (χ0n) is 13.5. The van der Waals surface area contributed by atoms with Crippen LogP contribution in [-0.4, -0.2) is 20.6 Å². The molecule has 0 aliphatic carbocycles. The van der Waals surface area contributed by atoms with Gasteiger partial charge < -0.3 is 5.32 Å². The van der Waals surface area contributed by atoms with E-state index in [9.17, 15) is 13.2 Å². The van der Waals surface area contributed by atoms with Gasteiger partial charge in [0.25, 0.3) is 5.91 Å². The summed E-state index contributed by atoms with van der Waals surface area (Å²) in [7, 11) is -3.33. The minimum absolute atomic E-state index is 0.138. The lowest BCUT2D eigenvalue weighted by Crippen LogP contribution is -2.13. The van der Waals surface area contributed by atoms with Crippen molar-refractivity contribution in [3.05, 3.63) is 59.7 Å². The van der Waals surface area contributed by atoms with Gasteiger partial charge in [-0.25, -0.2) is 8.42 Å². The number of rotatable bonds is 5. The van der Waals surface area contributed by atoms with E-state index < -0.39 is 9.84 Å². The number of hydrogen-bond acceptors (Lipinski definition) is 3. The van der Waals surface area contributed by atoms with Crippen LogP contribution in [0.3, 0.4) is 0 Å². The van der Waals surface area contributed by atoms with Crippen molar-refractivity contribution in [3.63, 3.8) is 0 Å². The summed E-state index contributed by atoms with van der Waals surface area (Å²) in [4.78, 5) is 12.5. The molecule has 1 amide bonds. The summed E-state index contributed by atoms with van der Waals surface area (Å²) in [5.74, 6) is 0.213. The van der Waals surface area contributed by atoms with Crippen LogP contribution >= 0.6 is 0 Å². The Hall–Kier alpha value is -2.14. The molecule has 1 N–H and O–H groups in total. The highest BCUT2D eigenvalue weighted by Gasteiger charge is 2.12. The maximum Gasteiger partial charge on any atom is 0.255 e. The maximum absolute atomic E-state index is 12.3. The number of anilines is 1. The second kappa shape index (κ2) is 6.96. The standard InChI is InChI=1S/C18H21NO3S/c1-13(2)10-14-6-4-8-16(11-14)19-18(20)15-7-5-9-17(12-15)23(3,21)22/h4-9,11-13H,10H2,1-3H3,(H,19,20). The van der Waals surface area contributed by atoms with Crippen molar-refractivity contribution in [1.29, 1.82) is 0 Å². The first-order chi connectivity index (χ1) is 10.8. The average Bonchev–Trinajstić information content (AvgIpc) is 2.46. The molecule has 23 heavy (non-hydrogen) atoms. The molecule has 0 aromatic heterocycles. The number of carbonyl (C=O) groups is 1. The first-order valence-electron chi connectivity index (χ1n) is 7.46. The number of amides is 1. The number of sulfone groups is 1. The first-order valence-corrected chi connectivity index (χ1v) is 9.35. The summed E-state index contributed by atoms with van der Waals surface area (Å²) in [5.41, 5.74) is 2.18. The van der Waals surface area contributed by atoms with Crippen molar-refractivity contribution in [2.75, 3.05) is 11.6 Å². The summed E-state index contributed by atoms with van der Waals surface area (Å²) in [6.45, 7) is 4.28. The van der Waals surface area contributed by atoms with Crippen LogP contribution in [-0.2, 0) is 16.3 Å². The molecule has 2 rings (SSSR count). The van der Waals surface area contributed by atoms with Gasteiger partial charge in [0.1, 0.15) is 0 Å². The molecule has 0 unspecified atom stereocenters. The summed E-state index contributed by atoms with van der Waals surface area (Å²) in [6.07, 6.45) is 2.06. The highest BCUT2D eigenvalue weighted by Crippen LogP contribution is 2.17. The largest absolute Gasteiger partial charge is 0.322 e. The maximum atomic E-state index is 12.3. The molecular formula is C18H21NO3S. The normalized spacial score (nSPS) is 11.5. The summed E-state index contributed by atoms with van der Waals surface area (Å²) in [6, 6.07) is 13.7. The van der Waals surface area contributed by atoms with Crippen LogP contribution in [0.1, 0.15) is 29.8 Å². The van der Waals surface area contributed by atoms with Gasteiger partial charge in [-0.15, -0.1) is 0 Å². The molecule has 2 aromatic rings. The van der Waals surface area contributed by atoms with E-state index in [-0.39, 0.29) is 10.8 Å². The van der Waals surface area contributed by atoms with Crippen LogP contribution in [0.25, 0.3) is 0 Å². The summed E-state index contributed by atoms with van der Waals surface area (Å²) in [5, 5.41) is 2.82. The van der Waals surface area contributed by atoms with Crippen LogP contribution in [0.4, 0.5) is 5.69 Å². The van der Waals surface area contributed by atoms with E-state index in [0.717, 1.165) is 18.2 Å². The molecule has 0 aliphatic rings. The zero-order valence-corrected chi connectivity index (χ0v) is 14.4. The van der Waals surface area contributed by atoms with Crippen molar-refractivity contribution in [1.82, 2.24) is 0 Å². The van der Waals surface area contributed by atoms with Crippen molar-refractivity contribution < 1.29 is 13.2 Å². The third-order valence-electron chi connectivity index (χ3n) is 3.35. The smallest absolute Gasteiger partial charge is 0.255 e.